The van der Waals surface area contributed by atoms with Crippen LogP contribution in [0.1, 0.15) is 49.9 Å². The fourth-order valence-electron chi connectivity index (χ4n) is 5.08. The molecule has 9 heteroatoms. The topological polar surface area (TPSA) is 69.2 Å². The van der Waals surface area contributed by atoms with E-state index in [1.165, 1.54) is 6.20 Å². The molecule has 0 amide bonds. The predicted octanol–water partition coefficient (Wildman–Crippen LogP) is 4.20. The second-order valence-corrected chi connectivity index (χ2v) is 9.10. The molecule has 2 aromatic rings. The lowest BCUT2D eigenvalue weighted by Gasteiger charge is -2.26. The number of anilines is 1. The zero-order valence-electron chi connectivity index (χ0n) is 18.4. The molecule has 2 heterocycles. The number of ether oxygens (including phenoxy) is 1. The number of nitrogens with two attached hydrogens (primary N) is 1. The first-order valence-electron chi connectivity index (χ1n) is 10.7. The van der Waals surface area contributed by atoms with Crippen molar-refractivity contribution in [2.45, 2.75) is 50.9 Å². The monoisotopic (exact) mass is 437 g/mol. The summed E-state index contributed by atoms with van der Waals surface area (Å²) in [5.74, 6) is 1.11. The molecular weight excluding hydrogens is 407 g/mol. The Morgan fingerprint density at radius 2 is 1.94 bits per heavy atom. The third kappa shape index (κ3) is 4.17. The van der Waals surface area contributed by atoms with Crippen LogP contribution in [0.2, 0.25) is 0 Å². The van der Waals surface area contributed by atoms with Crippen molar-refractivity contribution in [3.8, 4) is 11.3 Å². The number of fused-ring (bicyclic) bond motifs is 1. The fourth-order valence-corrected chi connectivity index (χ4v) is 5.08. The van der Waals surface area contributed by atoms with Gasteiger partial charge in [0.05, 0.1) is 17.9 Å². The second-order valence-electron chi connectivity index (χ2n) is 9.10. The number of alkyl halides is 3. The summed E-state index contributed by atoms with van der Waals surface area (Å²) in [7, 11) is 3.86. The molecule has 2 aliphatic rings. The van der Waals surface area contributed by atoms with Gasteiger partial charge in [-0.15, -0.1) is 0 Å². The number of rotatable bonds is 7. The molecule has 4 rings (SSSR count). The highest BCUT2D eigenvalue weighted by atomic mass is 19.4. The molecule has 2 aliphatic carbocycles. The highest BCUT2D eigenvalue weighted by Crippen LogP contribution is 2.64. The van der Waals surface area contributed by atoms with Crippen molar-refractivity contribution in [3.05, 3.63) is 29.6 Å². The maximum Gasteiger partial charge on any atom is 0.419 e. The van der Waals surface area contributed by atoms with Crippen LogP contribution in [0, 0.1) is 11.8 Å². The van der Waals surface area contributed by atoms with Crippen LogP contribution in [-0.4, -0.2) is 53.0 Å². The standard InChI is InChI=1S/C22H30F3N5O/c1-12(2)30-19(20-15-8-14(9-16(15)20)29(3)5-6-31-4)10-18(28-30)13-7-17(22(23,24)25)21(26)27-11-13/h7,10-12,14-16,20H,5-6,8-9H2,1-4H3,(H2,26,27). The van der Waals surface area contributed by atoms with Gasteiger partial charge in [0.25, 0.3) is 0 Å². The van der Waals surface area contributed by atoms with E-state index in [1.807, 2.05) is 24.6 Å². The molecule has 0 aromatic carbocycles. The molecule has 2 aromatic heterocycles. The molecule has 6 nitrogen and oxygen atoms in total. The number of methoxy groups -OCH3 is 1. The molecule has 0 spiro atoms. The highest BCUT2D eigenvalue weighted by Gasteiger charge is 2.58. The first kappa shape index (κ1) is 22.1. The van der Waals surface area contributed by atoms with Crippen LogP contribution in [0.15, 0.2) is 18.3 Å². The Labute approximate surface area is 180 Å². The third-order valence-electron chi connectivity index (χ3n) is 6.81. The van der Waals surface area contributed by atoms with Crippen molar-refractivity contribution in [1.29, 1.82) is 0 Å². The molecule has 2 N–H and O–H groups in total. The average Bonchev–Trinajstić information content (AvgIpc) is 3.07. The summed E-state index contributed by atoms with van der Waals surface area (Å²) in [6, 6.07) is 3.68. The van der Waals surface area contributed by atoms with Crippen molar-refractivity contribution in [1.82, 2.24) is 19.7 Å². The van der Waals surface area contributed by atoms with Crippen LogP contribution in [0.4, 0.5) is 19.0 Å². The van der Waals surface area contributed by atoms with Crippen LogP contribution in [-0.2, 0) is 10.9 Å². The third-order valence-corrected chi connectivity index (χ3v) is 6.81. The van der Waals surface area contributed by atoms with E-state index < -0.39 is 17.6 Å². The van der Waals surface area contributed by atoms with Gasteiger partial charge in [-0.05, 0) is 57.7 Å². The molecule has 2 atom stereocenters. The largest absolute Gasteiger partial charge is 0.419 e. The van der Waals surface area contributed by atoms with Gasteiger partial charge in [0, 0.05) is 49.1 Å². The summed E-state index contributed by atoms with van der Waals surface area (Å²) in [6.45, 7) is 5.74. The maximum absolute atomic E-state index is 13.3. The second kappa shape index (κ2) is 8.09. The lowest BCUT2D eigenvalue weighted by molar-refractivity contribution is -0.137. The number of hydrogen-bond acceptors (Lipinski definition) is 5. The molecule has 2 fully saturated rings. The van der Waals surface area contributed by atoms with Crippen molar-refractivity contribution < 1.29 is 17.9 Å². The Kier molecular flexibility index (Phi) is 5.76. The van der Waals surface area contributed by atoms with Gasteiger partial charge < -0.3 is 15.4 Å². The quantitative estimate of drug-likeness (QED) is 0.703. The van der Waals surface area contributed by atoms with Crippen molar-refractivity contribution in [2.24, 2.45) is 11.8 Å². The summed E-state index contributed by atoms with van der Waals surface area (Å²) in [6.07, 6.45) is -0.907. The summed E-state index contributed by atoms with van der Waals surface area (Å²) in [5.41, 5.74) is 6.50. The summed E-state index contributed by atoms with van der Waals surface area (Å²) in [5, 5.41) is 4.66. The number of aromatic nitrogens is 3. The van der Waals surface area contributed by atoms with Gasteiger partial charge in [-0.3, -0.25) is 4.68 Å². The lowest BCUT2D eigenvalue weighted by Crippen LogP contribution is -2.33. The maximum atomic E-state index is 13.3. The first-order valence-corrected chi connectivity index (χ1v) is 10.7. The zero-order chi connectivity index (χ0) is 22.5. The van der Waals surface area contributed by atoms with Crippen molar-refractivity contribution in [2.75, 3.05) is 33.0 Å². The van der Waals surface area contributed by atoms with Gasteiger partial charge in [0.15, 0.2) is 0 Å². The molecule has 0 aliphatic heterocycles. The molecule has 2 saturated carbocycles. The Morgan fingerprint density at radius 1 is 1.26 bits per heavy atom. The Balaban J connectivity index is 1.56. The van der Waals surface area contributed by atoms with Crippen molar-refractivity contribution >= 4 is 5.82 Å². The molecular formula is C22H30F3N5O. The number of likely N-dealkylation sites (N-methyl/N-ethyl adjacent to an activating group) is 1. The lowest BCUT2D eigenvalue weighted by atomic mass is 10.0. The van der Waals surface area contributed by atoms with Gasteiger partial charge in [0.1, 0.15) is 5.82 Å². The van der Waals surface area contributed by atoms with Crippen LogP contribution >= 0.6 is 0 Å². The van der Waals surface area contributed by atoms with E-state index in [4.69, 9.17) is 10.5 Å². The van der Waals surface area contributed by atoms with Crippen LogP contribution in [0.25, 0.3) is 11.3 Å². The molecule has 0 bridgehead atoms. The molecule has 0 radical (unpaired) electrons. The van der Waals surface area contributed by atoms with Crippen LogP contribution < -0.4 is 5.73 Å². The molecule has 0 saturated heterocycles. The highest BCUT2D eigenvalue weighted by molar-refractivity contribution is 5.63. The number of pyridine rings is 1. The normalized spacial score (nSPS) is 25.5. The minimum absolute atomic E-state index is 0.120. The van der Waals surface area contributed by atoms with Gasteiger partial charge >= 0.3 is 6.18 Å². The van der Waals surface area contributed by atoms with E-state index in [0.29, 0.717) is 35.1 Å². The van der Waals surface area contributed by atoms with E-state index in [1.54, 1.807) is 7.11 Å². The van der Waals surface area contributed by atoms with Gasteiger partial charge in [-0.25, -0.2) is 4.98 Å². The van der Waals surface area contributed by atoms with Gasteiger partial charge in [-0.2, -0.15) is 18.3 Å². The van der Waals surface area contributed by atoms with Crippen molar-refractivity contribution in [3.63, 3.8) is 0 Å². The van der Waals surface area contributed by atoms with E-state index in [2.05, 4.69) is 22.0 Å². The molecule has 2 unspecified atom stereocenters. The van der Waals surface area contributed by atoms with Gasteiger partial charge in [0.2, 0.25) is 0 Å². The fraction of sp³-hybridized carbons (Fsp3) is 0.636. The average molecular weight is 438 g/mol. The first-order chi connectivity index (χ1) is 14.6. The number of halogens is 3. The summed E-state index contributed by atoms with van der Waals surface area (Å²) >= 11 is 0. The molecule has 170 valence electrons. The number of hydrogen-bond donors (Lipinski definition) is 1. The Bertz CT molecular complexity index is 930. The minimum atomic E-state index is -4.55. The van der Waals surface area contributed by atoms with E-state index in [-0.39, 0.29) is 6.04 Å². The predicted molar refractivity (Wildman–Crippen MR) is 113 cm³/mol. The van der Waals surface area contributed by atoms with E-state index in [0.717, 1.165) is 37.8 Å². The SMILES string of the molecule is COCCN(C)C1CC2C(C1)C2c1cc(-c2cnc(N)c(C(F)(F)F)c2)nn1C(C)C. The Hall–Kier alpha value is -2.13. The van der Waals surface area contributed by atoms with Crippen LogP contribution in [0.3, 0.4) is 0 Å². The Morgan fingerprint density at radius 3 is 2.52 bits per heavy atom. The number of nitrogen functional groups attached to an aromatic ring is 1. The van der Waals surface area contributed by atoms with E-state index >= 15 is 0 Å². The summed E-state index contributed by atoms with van der Waals surface area (Å²) < 4.78 is 47.0. The van der Waals surface area contributed by atoms with E-state index in [9.17, 15) is 13.2 Å². The van der Waals surface area contributed by atoms with Crippen LogP contribution in [0.5, 0.6) is 0 Å². The molecule has 31 heavy (non-hydrogen) atoms. The van der Waals surface area contributed by atoms with Gasteiger partial charge in [-0.1, -0.05) is 0 Å². The summed E-state index contributed by atoms with van der Waals surface area (Å²) in [4.78, 5) is 6.14. The number of nitrogens with zero attached hydrogens (tertiary/aromatic N) is 4. The minimum Gasteiger partial charge on any atom is -0.383 e. The smallest absolute Gasteiger partial charge is 0.383 e. The zero-order valence-corrected chi connectivity index (χ0v) is 18.4.